The van der Waals surface area contributed by atoms with Gasteiger partial charge in [-0.05, 0) is 94.2 Å². The van der Waals surface area contributed by atoms with Crippen molar-refractivity contribution in [1.82, 2.24) is 20.0 Å². The van der Waals surface area contributed by atoms with Gasteiger partial charge in [-0.3, -0.25) is 9.59 Å². The van der Waals surface area contributed by atoms with E-state index in [4.69, 9.17) is 4.74 Å². The second-order valence-electron chi connectivity index (χ2n) is 11.4. The maximum Gasteiger partial charge on any atom is 0.226 e. The number of carbonyl (C=O) groups is 2. The van der Waals surface area contributed by atoms with Crippen LogP contribution in [0.4, 0.5) is 0 Å². The number of amides is 2. The summed E-state index contributed by atoms with van der Waals surface area (Å²) >= 11 is 0. The van der Waals surface area contributed by atoms with Gasteiger partial charge in [-0.1, -0.05) is 36.8 Å². The molecule has 1 aromatic heterocycles. The fraction of sp³-hybridized carbons (Fsp3) is 0.485. The molecule has 7 nitrogen and oxygen atoms in total. The Morgan fingerprint density at radius 2 is 1.77 bits per heavy atom. The summed E-state index contributed by atoms with van der Waals surface area (Å²) in [5, 5.41) is 7.74. The smallest absolute Gasteiger partial charge is 0.226 e. The molecule has 0 radical (unpaired) electrons. The van der Waals surface area contributed by atoms with Gasteiger partial charge >= 0.3 is 0 Å². The number of rotatable bonds is 4. The number of nitrogens with zero attached hydrogens (tertiary/aromatic N) is 3. The predicted octanol–water partition coefficient (Wildman–Crippen LogP) is 5.34. The Morgan fingerprint density at radius 1 is 1.00 bits per heavy atom. The number of nitrogens with one attached hydrogen (secondary N) is 1. The molecule has 0 unspecified atom stereocenters. The summed E-state index contributed by atoms with van der Waals surface area (Å²) in [5.74, 6) is 1.30. The molecule has 212 valence electrons. The van der Waals surface area contributed by atoms with Crippen LogP contribution in [0.5, 0.6) is 5.75 Å². The number of aryl methyl sites for hydroxylation is 4. The molecule has 1 spiro atoms. The van der Waals surface area contributed by atoms with E-state index in [-0.39, 0.29) is 17.2 Å². The van der Waals surface area contributed by atoms with E-state index in [9.17, 15) is 9.59 Å². The Hall–Kier alpha value is -3.61. The molecule has 2 aliphatic rings. The van der Waals surface area contributed by atoms with Gasteiger partial charge in [-0.15, -0.1) is 0 Å². The van der Waals surface area contributed by atoms with E-state index in [2.05, 4.69) is 59.8 Å². The molecule has 0 bridgehead atoms. The maximum absolute atomic E-state index is 13.4. The second kappa shape index (κ2) is 12.7. The van der Waals surface area contributed by atoms with E-state index in [1.165, 1.54) is 5.56 Å². The number of likely N-dealkylation sites (tertiary alicyclic amines) is 1. The molecular formula is C33H42N4O3. The van der Waals surface area contributed by atoms with Crippen molar-refractivity contribution in [3.05, 3.63) is 77.1 Å². The minimum absolute atomic E-state index is 0.152. The maximum atomic E-state index is 13.4. The number of benzene rings is 2. The number of piperidine rings is 1. The van der Waals surface area contributed by atoms with Crippen LogP contribution in [0.1, 0.15) is 67.5 Å². The van der Waals surface area contributed by atoms with Crippen molar-refractivity contribution >= 4 is 11.8 Å². The Bertz CT molecular complexity index is 1310. The first kappa shape index (κ1) is 27.9. The third kappa shape index (κ3) is 6.57. The van der Waals surface area contributed by atoms with Crippen molar-refractivity contribution in [1.29, 1.82) is 0 Å². The van der Waals surface area contributed by atoms with Crippen molar-refractivity contribution < 1.29 is 14.3 Å². The van der Waals surface area contributed by atoms with Gasteiger partial charge in [0.05, 0.1) is 23.4 Å². The molecule has 40 heavy (non-hydrogen) atoms. The minimum atomic E-state index is -0.385. The summed E-state index contributed by atoms with van der Waals surface area (Å²) in [5.41, 5.74) is 5.14. The van der Waals surface area contributed by atoms with Crippen LogP contribution in [0.2, 0.25) is 0 Å². The first-order valence-electron chi connectivity index (χ1n) is 14.8. The Labute approximate surface area is 237 Å². The highest BCUT2D eigenvalue weighted by molar-refractivity contribution is 5.83. The summed E-state index contributed by atoms with van der Waals surface area (Å²) in [6.07, 6.45) is 7.28. The molecule has 1 N–H and O–H groups in total. The van der Waals surface area contributed by atoms with Gasteiger partial charge in [-0.25, -0.2) is 4.68 Å². The van der Waals surface area contributed by atoms with Gasteiger partial charge in [0.25, 0.3) is 0 Å². The summed E-state index contributed by atoms with van der Waals surface area (Å²) in [4.78, 5) is 28.5. The lowest BCUT2D eigenvalue weighted by Gasteiger charge is -2.41. The van der Waals surface area contributed by atoms with Crippen LogP contribution >= 0.6 is 0 Å². The van der Waals surface area contributed by atoms with Gasteiger partial charge in [0.1, 0.15) is 5.75 Å². The van der Waals surface area contributed by atoms with Crippen LogP contribution in [0.25, 0.3) is 5.69 Å². The fourth-order valence-electron chi connectivity index (χ4n) is 6.15. The molecule has 2 aliphatic heterocycles. The van der Waals surface area contributed by atoms with E-state index in [0.717, 1.165) is 73.3 Å². The van der Waals surface area contributed by atoms with Crippen LogP contribution in [0.15, 0.2) is 54.6 Å². The van der Waals surface area contributed by atoms with Crippen LogP contribution < -0.4 is 10.1 Å². The molecule has 0 saturated carbocycles. The van der Waals surface area contributed by atoms with Crippen molar-refractivity contribution in [2.24, 2.45) is 5.41 Å². The molecule has 1 saturated heterocycles. The highest BCUT2D eigenvalue weighted by Gasteiger charge is 2.41. The zero-order valence-corrected chi connectivity index (χ0v) is 24.0. The van der Waals surface area contributed by atoms with E-state index in [1.54, 1.807) is 0 Å². The van der Waals surface area contributed by atoms with Gasteiger partial charge in [-0.2, -0.15) is 5.10 Å². The van der Waals surface area contributed by atoms with E-state index in [1.807, 2.05) is 28.6 Å². The summed E-state index contributed by atoms with van der Waals surface area (Å²) in [7, 11) is 0. The molecule has 0 atom stereocenters. The molecule has 2 amide bonds. The highest BCUT2D eigenvalue weighted by atomic mass is 16.5. The summed E-state index contributed by atoms with van der Waals surface area (Å²) in [6, 6.07) is 18.7. The highest BCUT2D eigenvalue weighted by Crippen LogP contribution is 2.38. The number of carbonyl (C=O) groups excluding carboxylic acids is 2. The van der Waals surface area contributed by atoms with Crippen molar-refractivity contribution in [2.45, 2.75) is 71.6 Å². The summed E-state index contributed by atoms with van der Waals surface area (Å²) < 4.78 is 7.95. The van der Waals surface area contributed by atoms with Crippen LogP contribution in [-0.2, 0) is 22.4 Å². The van der Waals surface area contributed by atoms with Gasteiger partial charge < -0.3 is 15.0 Å². The third-order valence-corrected chi connectivity index (χ3v) is 8.56. The van der Waals surface area contributed by atoms with Gasteiger partial charge in [0.2, 0.25) is 11.8 Å². The fourth-order valence-corrected chi connectivity index (χ4v) is 6.15. The van der Waals surface area contributed by atoms with E-state index < -0.39 is 0 Å². The lowest BCUT2D eigenvalue weighted by molar-refractivity contribution is -0.141. The van der Waals surface area contributed by atoms with Gasteiger partial charge in [0.15, 0.2) is 0 Å². The van der Waals surface area contributed by atoms with E-state index >= 15 is 0 Å². The average molecular weight is 543 g/mol. The lowest BCUT2D eigenvalue weighted by atomic mass is 9.73. The molecule has 3 heterocycles. The molecule has 0 aliphatic carbocycles. The van der Waals surface area contributed by atoms with Crippen LogP contribution in [0.3, 0.4) is 0 Å². The molecule has 2 aromatic carbocycles. The van der Waals surface area contributed by atoms with Crippen LogP contribution in [0, 0.1) is 19.3 Å². The van der Waals surface area contributed by atoms with Crippen LogP contribution in [-0.4, -0.2) is 52.7 Å². The quantitative estimate of drug-likeness (QED) is 0.483. The third-order valence-electron chi connectivity index (χ3n) is 8.56. The molecule has 1 fully saturated rings. The first-order valence-corrected chi connectivity index (χ1v) is 14.8. The number of hydrogen-bond donors (Lipinski definition) is 1. The zero-order chi connectivity index (χ0) is 28.0. The van der Waals surface area contributed by atoms with Crippen molar-refractivity contribution in [2.75, 3.05) is 26.2 Å². The number of aromatic nitrogens is 2. The Morgan fingerprint density at radius 3 is 2.52 bits per heavy atom. The standard InChI is InChI=1S/C33H42N4O3/c1-25-24-26(2)37(35-25)29-14-11-27(12-15-29)13-16-31(38)36-21-18-33(19-22-36)17-6-5-9-28-8-3-4-10-30(28)40-23-7-20-34-32(33)39/h3-4,8,10-12,14-15,24H,5-7,9,13,16-23H2,1-2H3,(H,34,39). The number of hydrogen-bond acceptors (Lipinski definition) is 4. The first-order chi connectivity index (χ1) is 19.4. The summed E-state index contributed by atoms with van der Waals surface area (Å²) in [6.45, 7) is 6.55. The monoisotopic (exact) mass is 542 g/mol. The Kier molecular flexibility index (Phi) is 8.88. The van der Waals surface area contributed by atoms with Crippen molar-refractivity contribution in [3.8, 4) is 11.4 Å². The average Bonchev–Trinajstić information content (AvgIpc) is 3.32. The van der Waals surface area contributed by atoms with Crippen molar-refractivity contribution in [3.63, 3.8) is 0 Å². The number of para-hydroxylation sites is 1. The molecular weight excluding hydrogens is 500 g/mol. The zero-order valence-electron chi connectivity index (χ0n) is 24.0. The molecule has 3 aromatic rings. The number of ether oxygens (including phenoxy) is 1. The second-order valence-corrected chi connectivity index (χ2v) is 11.4. The number of fused-ring (bicyclic) bond motifs is 1. The normalized spacial score (nSPS) is 18.1. The lowest BCUT2D eigenvalue weighted by Crippen LogP contribution is -2.50. The van der Waals surface area contributed by atoms with E-state index in [0.29, 0.717) is 39.1 Å². The molecule has 5 rings (SSSR count). The predicted molar refractivity (Wildman–Crippen MR) is 157 cm³/mol. The van der Waals surface area contributed by atoms with Gasteiger partial charge in [0, 0.05) is 31.7 Å². The minimum Gasteiger partial charge on any atom is -0.493 e. The molecule has 7 heteroatoms. The topological polar surface area (TPSA) is 76.5 Å². The SMILES string of the molecule is Cc1cc(C)n(-c2ccc(CCC(=O)N3CCC4(CCCCc5ccccc5OCCCNC4=O)CC3)cc2)n1. The Balaban J connectivity index is 1.14. The largest absolute Gasteiger partial charge is 0.493 e.